The molecule has 0 radical (unpaired) electrons. The van der Waals surface area contributed by atoms with E-state index in [1.54, 1.807) is 4.90 Å². The first-order valence-corrected chi connectivity index (χ1v) is 6.22. The standard InChI is InChI=1S/C14H15FN2O3/c1-9-3-2-6-17(8-9)14(20)16-10-4-5-11(13(18)19)12(15)7-10/h3-5,7H,2,6,8H2,1H3,(H,16,20)(H,18,19). The van der Waals surface area contributed by atoms with Crippen LogP contribution >= 0.6 is 0 Å². The van der Waals surface area contributed by atoms with Gasteiger partial charge < -0.3 is 15.3 Å². The van der Waals surface area contributed by atoms with Gasteiger partial charge in [-0.15, -0.1) is 0 Å². The molecule has 1 aromatic rings. The number of carboxylic acid groups (broad SMARTS) is 1. The van der Waals surface area contributed by atoms with E-state index < -0.39 is 17.3 Å². The molecule has 1 aliphatic heterocycles. The second-order valence-electron chi connectivity index (χ2n) is 4.69. The average Bonchev–Trinajstić information content (AvgIpc) is 2.38. The van der Waals surface area contributed by atoms with Gasteiger partial charge in [-0.05, 0) is 31.5 Å². The summed E-state index contributed by atoms with van der Waals surface area (Å²) in [6.07, 6.45) is 2.87. The van der Waals surface area contributed by atoms with Crippen LogP contribution in [0.1, 0.15) is 23.7 Å². The minimum Gasteiger partial charge on any atom is -0.478 e. The summed E-state index contributed by atoms with van der Waals surface area (Å²) >= 11 is 0. The van der Waals surface area contributed by atoms with Gasteiger partial charge in [0.1, 0.15) is 5.82 Å². The second-order valence-corrected chi connectivity index (χ2v) is 4.69. The van der Waals surface area contributed by atoms with Crippen molar-refractivity contribution in [2.24, 2.45) is 0 Å². The summed E-state index contributed by atoms with van der Waals surface area (Å²) in [5.74, 6) is -2.21. The number of aromatic carboxylic acids is 1. The molecule has 0 unspecified atom stereocenters. The van der Waals surface area contributed by atoms with Gasteiger partial charge in [0.15, 0.2) is 0 Å². The Morgan fingerprint density at radius 2 is 2.15 bits per heavy atom. The van der Waals surface area contributed by atoms with E-state index in [4.69, 9.17) is 5.11 Å². The van der Waals surface area contributed by atoms with E-state index in [0.29, 0.717) is 13.1 Å². The number of hydrogen-bond acceptors (Lipinski definition) is 2. The first kappa shape index (κ1) is 14.0. The lowest BCUT2D eigenvalue weighted by molar-refractivity contribution is 0.0692. The van der Waals surface area contributed by atoms with Gasteiger partial charge in [0.25, 0.3) is 0 Å². The molecular formula is C14H15FN2O3. The molecular weight excluding hydrogens is 263 g/mol. The Labute approximate surface area is 115 Å². The van der Waals surface area contributed by atoms with Crippen molar-refractivity contribution >= 4 is 17.7 Å². The van der Waals surface area contributed by atoms with E-state index in [9.17, 15) is 14.0 Å². The Morgan fingerprint density at radius 3 is 2.75 bits per heavy atom. The Hall–Kier alpha value is -2.37. The number of carbonyl (C=O) groups excluding carboxylic acids is 1. The van der Waals surface area contributed by atoms with E-state index >= 15 is 0 Å². The first-order chi connectivity index (χ1) is 9.47. The lowest BCUT2D eigenvalue weighted by Gasteiger charge is -2.26. The van der Waals surface area contributed by atoms with Crippen molar-refractivity contribution in [3.63, 3.8) is 0 Å². The maximum Gasteiger partial charge on any atom is 0.338 e. The van der Waals surface area contributed by atoms with Gasteiger partial charge in [0, 0.05) is 18.8 Å². The Balaban J connectivity index is 2.07. The number of nitrogens with one attached hydrogen (secondary N) is 1. The fourth-order valence-electron chi connectivity index (χ4n) is 2.05. The third-order valence-corrected chi connectivity index (χ3v) is 3.07. The molecule has 2 rings (SSSR count). The van der Waals surface area contributed by atoms with Crippen LogP contribution in [0.25, 0.3) is 0 Å². The maximum atomic E-state index is 13.5. The fourth-order valence-corrected chi connectivity index (χ4v) is 2.05. The van der Waals surface area contributed by atoms with Gasteiger partial charge in [-0.1, -0.05) is 11.6 Å². The third-order valence-electron chi connectivity index (χ3n) is 3.07. The molecule has 0 bridgehead atoms. The number of anilines is 1. The zero-order valence-corrected chi connectivity index (χ0v) is 11.0. The predicted molar refractivity (Wildman–Crippen MR) is 72.3 cm³/mol. The number of benzene rings is 1. The molecule has 1 heterocycles. The molecule has 0 aliphatic carbocycles. The van der Waals surface area contributed by atoms with Crippen molar-refractivity contribution in [3.8, 4) is 0 Å². The van der Waals surface area contributed by atoms with Crippen molar-refractivity contribution in [3.05, 3.63) is 41.2 Å². The third kappa shape index (κ3) is 3.14. The lowest BCUT2D eigenvalue weighted by Crippen LogP contribution is -2.38. The smallest absolute Gasteiger partial charge is 0.338 e. The Kier molecular flexibility index (Phi) is 4.02. The highest BCUT2D eigenvalue weighted by atomic mass is 19.1. The number of halogens is 1. The first-order valence-electron chi connectivity index (χ1n) is 6.22. The van der Waals surface area contributed by atoms with Gasteiger partial charge in [-0.3, -0.25) is 0 Å². The summed E-state index contributed by atoms with van der Waals surface area (Å²) in [6.45, 7) is 3.10. The normalized spacial score (nSPS) is 14.7. The molecule has 1 aromatic carbocycles. The summed E-state index contributed by atoms with van der Waals surface area (Å²) in [4.78, 5) is 24.3. The second kappa shape index (κ2) is 5.73. The van der Waals surface area contributed by atoms with E-state index in [-0.39, 0.29) is 11.7 Å². The summed E-state index contributed by atoms with van der Waals surface area (Å²) in [5.41, 5.74) is 0.934. The number of carbonyl (C=O) groups is 2. The van der Waals surface area contributed by atoms with Gasteiger partial charge >= 0.3 is 12.0 Å². The van der Waals surface area contributed by atoms with Crippen LogP contribution in [0, 0.1) is 5.82 Å². The van der Waals surface area contributed by atoms with Crippen LogP contribution in [-0.4, -0.2) is 35.1 Å². The molecule has 0 saturated carbocycles. The van der Waals surface area contributed by atoms with Crippen LogP contribution in [0.4, 0.5) is 14.9 Å². The van der Waals surface area contributed by atoms with E-state index in [0.717, 1.165) is 24.1 Å². The average molecular weight is 278 g/mol. The largest absolute Gasteiger partial charge is 0.478 e. The van der Waals surface area contributed by atoms with Crippen molar-refractivity contribution in [2.75, 3.05) is 18.4 Å². The van der Waals surface area contributed by atoms with Crippen molar-refractivity contribution in [2.45, 2.75) is 13.3 Å². The molecule has 0 atom stereocenters. The number of carboxylic acids is 1. The number of amides is 2. The lowest BCUT2D eigenvalue weighted by atomic mass is 10.1. The minimum absolute atomic E-state index is 0.240. The van der Waals surface area contributed by atoms with Gasteiger partial charge in [0.2, 0.25) is 0 Å². The SMILES string of the molecule is CC1=CCCN(C(=O)Nc2ccc(C(=O)O)c(F)c2)C1. The number of nitrogens with zero attached hydrogens (tertiary/aromatic N) is 1. The van der Waals surface area contributed by atoms with Crippen molar-refractivity contribution in [1.82, 2.24) is 4.90 Å². The maximum absolute atomic E-state index is 13.5. The monoisotopic (exact) mass is 278 g/mol. The molecule has 0 saturated heterocycles. The summed E-state index contributed by atoms with van der Waals surface area (Å²) < 4.78 is 13.5. The van der Waals surface area contributed by atoms with Crippen LogP contribution in [0.15, 0.2) is 29.8 Å². The zero-order valence-electron chi connectivity index (χ0n) is 11.0. The van der Waals surface area contributed by atoms with Gasteiger partial charge in [0.05, 0.1) is 5.56 Å². The fraction of sp³-hybridized carbons (Fsp3) is 0.286. The highest BCUT2D eigenvalue weighted by molar-refractivity contribution is 5.92. The van der Waals surface area contributed by atoms with Crippen LogP contribution in [0.5, 0.6) is 0 Å². The highest BCUT2D eigenvalue weighted by Gasteiger charge is 2.17. The summed E-state index contributed by atoms with van der Waals surface area (Å²) in [6, 6.07) is 3.19. The summed E-state index contributed by atoms with van der Waals surface area (Å²) in [7, 11) is 0. The van der Waals surface area contributed by atoms with Crippen molar-refractivity contribution < 1.29 is 19.1 Å². The minimum atomic E-state index is -1.34. The molecule has 0 aromatic heterocycles. The highest BCUT2D eigenvalue weighted by Crippen LogP contribution is 2.16. The molecule has 106 valence electrons. The Morgan fingerprint density at radius 1 is 1.40 bits per heavy atom. The van der Waals surface area contributed by atoms with Gasteiger partial charge in [-0.25, -0.2) is 14.0 Å². The molecule has 2 amide bonds. The quantitative estimate of drug-likeness (QED) is 0.817. The van der Waals surface area contributed by atoms with E-state index in [1.807, 2.05) is 6.92 Å². The summed E-state index contributed by atoms with van der Waals surface area (Å²) in [5, 5.41) is 11.3. The number of hydrogen-bond donors (Lipinski definition) is 2. The Bertz CT molecular complexity index is 584. The molecule has 5 nitrogen and oxygen atoms in total. The zero-order chi connectivity index (χ0) is 14.7. The van der Waals surface area contributed by atoms with Crippen LogP contribution in [-0.2, 0) is 0 Å². The molecule has 2 N–H and O–H groups in total. The number of rotatable bonds is 2. The van der Waals surface area contributed by atoms with Gasteiger partial charge in [-0.2, -0.15) is 0 Å². The topological polar surface area (TPSA) is 69.6 Å². The predicted octanol–water partition coefficient (Wildman–Crippen LogP) is 2.71. The van der Waals surface area contributed by atoms with Crippen molar-refractivity contribution in [1.29, 1.82) is 0 Å². The molecule has 1 aliphatic rings. The molecule has 0 fully saturated rings. The van der Waals surface area contributed by atoms with Crippen LogP contribution < -0.4 is 5.32 Å². The van der Waals surface area contributed by atoms with E-state index in [2.05, 4.69) is 11.4 Å². The van der Waals surface area contributed by atoms with Crippen LogP contribution in [0.2, 0.25) is 0 Å². The molecule has 20 heavy (non-hydrogen) atoms. The number of urea groups is 1. The molecule has 6 heteroatoms. The van der Waals surface area contributed by atoms with E-state index in [1.165, 1.54) is 6.07 Å². The van der Waals surface area contributed by atoms with Crippen LogP contribution in [0.3, 0.4) is 0 Å². The molecule has 0 spiro atoms.